The molecule has 3 N–H and O–H groups in total. The molecule has 0 saturated carbocycles. The van der Waals surface area contributed by atoms with Crippen molar-refractivity contribution in [1.29, 1.82) is 0 Å². The number of nitrogens with two attached hydrogens (primary N) is 1. The Hall–Kier alpha value is -1.40. The summed E-state index contributed by atoms with van der Waals surface area (Å²) < 4.78 is 0. The minimum atomic E-state index is 0.646. The van der Waals surface area contributed by atoms with Gasteiger partial charge in [0.1, 0.15) is 18.0 Å². The van der Waals surface area contributed by atoms with Gasteiger partial charge in [0.2, 0.25) is 0 Å². The van der Waals surface area contributed by atoms with Crippen molar-refractivity contribution in [3.8, 4) is 0 Å². The largest absolute Gasteiger partial charge is 0.357 e. The molecule has 0 bridgehead atoms. The van der Waals surface area contributed by atoms with Crippen LogP contribution in [-0.4, -0.2) is 47.6 Å². The predicted molar refractivity (Wildman–Crippen MR) is 80.1 cm³/mol. The van der Waals surface area contributed by atoms with Gasteiger partial charge in [-0.25, -0.2) is 15.8 Å². The van der Waals surface area contributed by atoms with Crippen LogP contribution >= 0.6 is 0 Å². The van der Waals surface area contributed by atoms with Crippen LogP contribution in [-0.2, 0) is 0 Å². The highest BCUT2D eigenvalue weighted by molar-refractivity contribution is 5.47. The van der Waals surface area contributed by atoms with Crippen LogP contribution in [0, 0.1) is 0 Å². The quantitative estimate of drug-likeness (QED) is 0.519. The topological polar surface area (TPSA) is 70.3 Å². The first kappa shape index (κ1) is 15.7. The first-order chi connectivity index (χ1) is 9.24. The normalized spacial score (nSPS) is 10.8. The summed E-state index contributed by atoms with van der Waals surface area (Å²) in [5.41, 5.74) is 2.55. The van der Waals surface area contributed by atoms with Crippen molar-refractivity contribution in [2.75, 3.05) is 43.0 Å². The van der Waals surface area contributed by atoms with Crippen molar-refractivity contribution in [2.45, 2.75) is 27.2 Å². The lowest BCUT2D eigenvalue weighted by Crippen LogP contribution is -2.30. The zero-order valence-corrected chi connectivity index (χ0v) is 12.3. The second-order valence-electron chi connectivity index (χ2n) is 4.37. The summed E-state index contributed by atoms with van der Waals surface area (Å²) in [6.45, 7) is 11.8. The molecule has 0 spiro atoms. The van der Waals surface area contributed by atoms with Crippen molar-refractivity contribution in [2.24, 2.45) is 5.84 Å². The molecule has 0 aliphatic heterocycles. The van der Waals surface area contributed by atoms with E-state index in [0.29, 0.717) is 5.82 Å². The number of hydrogen-bond acceptors (Lipinski definition) is 6. The lowest BCUT2D eigenvalue weighted by molar-refractivity contribution is 0.300. The monoisotopic (exact) mass is 266 g/mol. The number of hydrazine groups is 1. The number of anilines is 2. The van der Waals surface area contributed by atoms with Gasteiger partial charge in [-0.3, -0.25) is 0 Å². The van der Waals surface area contributed by atoms with E-state index in [1.54, 1.807) is 0 Å². The molecule has 6 nitrogen and oxygen atoms in total. The maximum Gasteiger partial charge on any atom is 0.145 e. The SMILES string of the molecule is CCN(CC)CCCN(CC)c1cc(NN)ncn1. The summed E-state index contributed by atoms with van der Waals surface area (Å²) in [6.07, 6.45) is 2.67. The van der Waals surface area contributed by atoms with E-state index in [1.165, 1.54) is 6.33 Å². The minimum Gasteiger partial charge on any atom is -0.357 e. The molecule has 0 fully saturated rings. The van der Waals surface area contributed by atoms with Crippen molar-refractivity contribution in [1.82, 2.24) is 14.9 Å². The molecular weight excluding hydrogens is 240 g/mol. The van der Waals surface area contributed by atoms with E-state index in [1.807, 2.05) is 6.07 Å². The maximum atomic E-state index is 5.37. The lowest BCUT2D eigenvalue weighted by atomic mass is 10.3. The van der Waals surface area contributed by atoms with Gasteiger partial charge < -0.3 is 15.2 Å². The van der Waals surface area contributed by atoms with E-state index >= 15 is 0 Å². The van der Waals surface area contributed by atoms with Crippen LogP contribution in [0.2, 0.25) is 0 Å². The molecule has 1 aromatic heterocycles. The fourth-order valence-corrected chi connectivity index (χ4v) is 2.06. The van der Waals surface area contributed by atoms with Crippen LogP contribution < -0.4 is 16.2 Å². The number of hydrogen-bond donors (Lipinski definition) is 2. The average Bonchev–Trinajstić information content (AvgIpc) is 2.47. The van der Waals surface area contributed by atoms with E-state index in [0.717, 1.165) is 45.0 Å². The van der Waals surface area contributed by atoms with Crippen LogP contribution in [0.4, 0.5) is 11.6 Å². The molecule has 0 aromatic carbocycles. The Morgan fingerprint density at radius 3 is 2.42 bits per heavy atom. The smallest absolute Gasteiger partial charge is 0.145 e. The summed E-state index contributed by atoms with van der Waals surface area (Å²) in [6, 6.07) is 1.88. The number of rotatable bonds is 9. The minimum absolute atomic E-state index is 0.646. The third kappa shape index (κ3) is 5.00. The van der Waals surface area contributed by atoms with Crippen LogP contribution in [0.15, 0.2) is 12.4 Å². The number of aromatic nitrogens is 2. The Labute approximate surface area is 116 Å². The van der Waals surface area contributed by atoms with Gasteiger partial charge in [-0.05, 0) is 33.0 Å². The standard InChI is InChI=1S/C13H26N6/c1-4-18(5-2)8-7-9-19(6-3)13-10-12(17-14)15-11-16-13/h10-11H,4-9,14H2,1-3H3,(H,15,16,17). The highest BCUT2D eigenvalue weighted by Crippen LogP contribution is 2.13. The third-order valence-corrected chi connectivity index (χ3v) is 3.30. The molecule has 0 unspecified atom stereocenters. The van der Waals surface area contributed by atoms with Crippen LogP contribution in [0.1, 0.15) is 27.2 Å². The van der Waals surface area contributed by atoms with Gasteiger partial charge in [-0.2, -0.15) is 0 Å². The summed E-state index contributed by atoms with van der Waals surface area (Å²) in [5, 5.41) is 0. The zero-order chi connectivity index (χ0) is 14.1. The summed E-state index contributed by atoms with van der Waals surface area (Å²) >= 11 is 0. The van der Waals surface area contributed by atoms with Gasteiger partial charge in [0.05, 0.1) is 0 Å². The first-order valence-corrected chi connectivity index (χ1v) is 7.01. The third-order valence-electron chi connectivity index (χ3n) is 3.30. The number of nitrogen functional groups attached to an aromatic ring is 1. The summed E-state index contributed by atoms with van der Waals surface area (Å²) in [5.74, 6) is 6.94. The average molecular weight is 266 g/mol. The maximum absolute atomic E-state index is 5.37. The van der Waals surface area contributed by atoms with Gasteiger partial charge in [-0.1, -0.05) is 13.8 Å². The van der Waals surface area contributed by atoms with Gasteiger partial charge in [0.25, 0.3) is 0 Å². The molecule has 0 radical (unpaired) electrons. The number of nitrogens with zero attached hydrogens (tertiary/aromatic N) is 4. The molecule has 108 valence electrons. The fourth-order valence-electron chi connectivity index (χ4n) is 2.06. The lowest BCUT2D eigenvalue weighted by Gasteiger charge is -2.24. The Balaban J connectivity index is 2.52. The van der Waals surface area contributed by atoms with Gasteiger partial charge in [-0.15, -0.1) is 0 Å². The Bertz CT molecular complexity index is 353. The molecule has 1 heterocycles. The molecular formula is C13H26N6. The van der Waals surface area contributed by atoms with Gasteiger partial charge in [0, 0.05) is 19.2 Å². The van der Waals surface area contributed by atoms with Crippen molar-refractivity contribution < 1.29 is 0 Å². The first-order valence-electron chi connectivity index (χ1n) is 7.01. The van der Waals surface area contributed by atoms with E-state index < -0.39 is 0 Å². The highest BCUT2D eigenvalue weighted by Gasteiger charge is 2.07. The molecule has 19 heavy (non-hydrogen) atoms. The molecule has 6 heteroatoms. The summed E-state index contributed by atoms with van der Waals surface area (Å²) in [7, 11) is 0. The zero-order valence-electron chi connectivity index (χ0n) is 12.3. The van der Waals surface area contributed by atoms with E-state index in [-0.39, 0.29) is 0 Å². The molecule has 0 saturated heterocycles. The van der Waals surface area contributed by atoms with Gasteiger partial charge in [0.15, 0.2) is 0 Å². The van der Waals surface area contributed by atoms with Crippen LogP contribution in [0.25, 0.3) is 0 Å². The Morgan fingerprint density at radius 1 is 1.11 bits per heavy atom. The fraction of sp³-hybridized carbons (Fsp3) is 0.692. The van der Waals surface area contributed by atoms with Crippen LogP contribution in [0.5, 0.6) is 0 Å². The molecule has 0 atom stereocenters. The number of nitrogens with one attached hydrogen (secondary N) is 1. The Kier molecular flexibility index (Phi) is 7.14. The second kappa shape index (κ2) is 8.66. The van der Waals surface area contributed by atoms with Gasteiger partial charge >= 0.3 is 0 Å². The summed E-state index contributed by atoms with van der Waals surface area (Å²) in [4.78, 5) is 13.0. The Morgan fingerprint density at radius 2 is 1.84 bits per heavy atom. The van der Waals surface area contributed by atoms with E-state index in [4.69, 9.17) is 5.84 Å². The van der Waals surface area contributed by atoms with E-state index in [2.05, 4.69) is 46.0 Å². The van der Waals surface area contributed by atoms with Crippen molar-refractivity contribution in [3.05, 3.63) is 12.4 Å². The molecule has 1 rings (SSSR count). The van der Waals surface area contributed by atoms with Crippen molar-refractivity contribution in [3.63, 3.8) is 0 Å². The molecule has 0 amide bonds. The van der Waals surface area contributed by atoms with E-state index in [9.17, 15) is 0 Å². The second-order valence-corrected chi connectivity index (χ2v) is 4.37. The van der Waals surface area contributed by atoms with Crippen molar-refractivity contribution >= 4 is 11.6 Å². The molecule has 1 aromatic rings. The van der Waals surface area contributed by atoms with Crippen LogP contribution in [0.3, 0.4) is 0 Å². The molecule has 0 aliphatic carbocycles. The molecule has 0 aliphatic rings. The predicted octanol–water partition coefficient (Wildman–Crippen LogP) is 1.32. The highest BCUT2D eigenvalue weighted by atomic mass is 15.3.